The smallest absolute Gasteiger partial charge is 0.305 e. The Morgan fingerprint density at radius 2 is 1.92 bits per heavy atom. The van der Waals surface area contributed by atoms with Gasteiger partial charge in [-0.1, -0.05) is 67.9 Å². The third-order valence-corrected chi connectivity index (χ3v) is 4.71. The molecule has 0 heterocycles. The van der Waals surface area contributed by atoms with Crippen LogP contribution in [0.15, 0.2) is 58.7 Å². The van der Waals surface area contributed by atoms with Gasteiger partial charge in [-0.15, -0.1) is 0 Å². The number of hydrogen-bond donors (Lipinski definition) is 0. The van der Waals surface area contributed by atoms with Crippen LogP contribution in [0.5, 0.6) is 0 Å². The molecule has 2 heteroatoms. The van der Waals surface area contributed by atoms with Crippen molar-refractivity contribution in [1.29, 1.82) is 0 Å². The van der Waals surface area contributed by atoms with Gasteiger partial charge >= 0.3 is 5.97 Å². The van der Waals surface area contributed by atoms with Crippen LogP contribution < -0.4 is 0 Å². The molecule has 0 spiro atoms. The van der Waals surface area contributed by atoms with Gasteiger partial charge in [0.25, 0.3) is 0 Å². The number of hydrogen-bond acceptors (Lipinski definition) is 2. The third kappa shape index (κ3) is 7.72. The van der Waals surface area contributed by atoms with Gasteiger partial charge in [-0.2, -0.15) is 0 Å². The number of esters is 1. The van der Waals surface area contributed by atoms with E-state index in [1.165, 1.54) is 36.0 Å². The van der Waals surface area contributed by atoms with Crippen molar-refractivity contribution in [3.63, 3.8) is 0 Å². The van der Waals surface area contributed by atoms with E-state index in [2.05, 4.69) is 45.9 Å². The predicted octanol–water partition coefficient (Wildman–Crippen LogP) is 6.47. The van der Waals surface area contributed by atoms with Crippen LogP contribution in [-0.2, 0) is 9.53 Å². The second-order valence-corrected chi connectivity index (χ2v) is 7.52. The fourth-order valence-corrected chi connectivity index (χ4v) is 3.07. The molecule has 0 aromatic carbocycles. The van der Waals surface area contributed by atoms with E-state index < -0.39 is 0 Å². The van der Waals surface area contributed by atoms with E-state index in [1.54, 1.807) is 6.92 Å². The highest BCUT2D eigenvalue weighted by Gasteiger charge is 2.26. The Kier molecular flexibility index (Phi) is 8.68. The highest BCUT2D eigenvalue weighted by Crippen LogP contribution is 2.40. The molecule has 1 aliphatic carbocycles. The largest absolute Gasteiger partial charge is 0.461 e. The molecule has 0 aromatic rings. The van der Waals surface area contributed by atoms with E-state index in [0.717, 1.165) is 5.57 Å². The Morgan fingerprint density at radius 3 is 2.56 bits per heavy atom. The summed E-state index contributed by atoms with van der Waals surface area (Å²) in [4.78, 5) is 11.1. The molecule has 0 unspecified atom stereocenters. The maximum Gasteiger partial charge on any atom is 0.305 e. The fourth-order valence-electron chi connectivity index (χ4n) is 3.07. The minimum atomic E-state index is -0.163. The van der Waals surface area contributed by atoms with Crippen LogP contribution >= 0.6 is 0 Å². The van der Waals surface area contributed by atoms with Gasteiger partial charge in [-0.3, -0.25) is 4.79 Å². The Bertz CT molecular complexity index is 610. The van der Waals surface area contributed by atoms with Gasteiger partial charge in [0.15, 0.2) is 0 Å². The van der Waals surface area contributed by atoms with Gasteiger partial charge in [0.05, 0.1) is 0 Å². The summed E-state index contributed by atoms with van der Waals surface area (Å²) in [6, 6.07) is 0. The lowest BCUT2D eigenvalue weighted by Crippen LogP contribution is -2.19. The van der Waals surface area contributed by atoms with E-state index in [9.17, 15) is 4.79 Å². The highest BCUT2D eigenvalue weighted by atomic mass is 16.5. The van der Waals surface area contributed by atoms with E-state index in [-0.39, 0.29) is 11.4 Å². The van der Waals surface area contributed by atoms with Crippen LogP contribution in [0.4, 0.5) is 0 Å². The summed E-state index contributed by atoms with van der Waals surface area (Å²) in [7, 11) is 0. The van der Waals surface area contributed by atoms with Gasteiger partial charge in [-0.25, -0.2) is 0 Å². The number of carbonyl (C=O) groups is 1. The normalized spacial score (nSPS) is 19.1. The SMILES string of the molecule is CCC(=O)OC/C=C(C)/C=C/C=C(C)\C=C\C1=C(C)CCCC1(C)C. The van der Waals surface area contributed by atoms with Crippen LogP contribution in [0.1, 0.15) is 67.2 Å². The standard InChI is InChI=1S/C23H34O2/c1-7-22(24)25-17-15-19(3)11-8-10-18(2)13-14-21-20(4)12-9-16-23(21,5)6/h8,10-11,13-15H,7,9,12,16-17H2,1-6H3/b11-8+,14-13+,18-10-,19-15+. The molecule has 0 atom stereocenters. The summed E-state index contributed by atoms with van der Waals surface area (Å²) in [5.74, 6) is -0.163. The average molecular weight is 343 g/mol. The van der Waals surface area contributed by atoms with Crippen LogP contribution in [0.3, 0.4) is 0 Å². The molecule has 138 valence electrons. The molecule has 0 saturated carbocycles. The first-order valence-electron chi connectivity index (χ1n) is 9.32. The zero-order chi connectivity index (χ0) is 18.9. The van der Waals surface area contributed by atoms with Crippen molar-refractivity contribution in [3.8, 4) is 0 Å². The third-order valence-electron chi connectivity index (χ3n) is 4.71. The first kappa shape index (κ1) is 21.2. The second kappa shape index (κ2) is 10.2. The lowest BCUT2D eigenvalue weighted by molar-refractivity contribution is -0.141. The van der Waals surface area contributed by atoms with Crippen molar-refractivity contribution in [2.45, 2.75) is 67.2 Å². The van der Waals surface area contributed by atoms with Gasteiger partial charge in [0.2, 0.25) is 0 Å². The second-order valence-electron chi connectivity index (χ2n) is 7.52. The molecule has 0 aliphatic heterocycles. The van der Waals surface area contributed by atoms with Crippen LogP contribution in [0, 0.1) is 5.41 Å². The summed E-state index contributed by atoms with van der Waals surface area (Å²) in [5, 5.41) is 0. The number of allylic oxidation sites excluding steroid dienone is 9. The predicted molar refractivity (Wildman–Crippen MR) is 107 cm³/mol. The Balaban J connectivity index is 2.63. The molecule has 0 radical (unpaired) electrons. The molecular formula is C23H34O2. The Morgan fingerprint density at radius 1 is 1.20 bits per heavy atom. The summed E-state index contributed by atoms with van der Waals surface area (Å²) in [6.07, 6.45) is 16.8. The van der Waals surface area contributed by atoms with E-state index in [0.29, 0.717) is 13.0 Å². The van der Waals surface area contributed by atoms with Crippen molar-refractivity contribution in [2.75, 3.05) is 6.61 Å². The molecule has 1 aliphatic rings. The lowest BCUT2D eigenvalue weighted by Gasteiger charge is -2.32. The summed E-state index contributed by atoms with van der Waals surface area (Å²) < 4.78 is 5.04. The molecule has 0 saturated heterocycles. The van der Waals surface area contributed by atoms with Gasteiger partial charge in [0, 0.05) is 6.42 Å². The highest BCUT2D eigenvalue weighted by molar-refractivity contribution is 5.68. The number of rotatable bonds is 7. The van der Waals surface area contributed by atoms with Gasteiger partial charge < -0.3 is 4.74 Å². The van der Waals surface area contributed by atoms with Gasteiger partial charge in [-0.05, 0) is 57.1 Å². The van der Waals surface area contributed by atoms with Crippen molar-refractivity contribution in [1.82, 2.24) is 0 Å². The van der Waals surface area contributed by atoms with Crippen molar-refractivity contribution in [3.05, 3.63) is 58.7 Å². The van der Waals surface area contributed by atoms with E-state index >= 15 is 0 Å². The maximum absolute atomic E-state index is 11.1. The summed E-state index contributed by atoms with van der Waals surface area (Å²) >= 11 is 0. The first-order chi connectivity index (χ1) is 11.8. The Labute approximate surface area is 154 Å². The average Bonchev–Trinajstić information content (AvgIpc) is 2.53. The van der Waals surface area contributed by atoms with E-state index in [4.69, 9.17) is 4.74 Å². The van der Waals surface area contributed by atoms with Gasteiger partial charge in [0.1, 0.15) is 6.61 Å². The maximum atomic E-state index is 11.1. The minimum Gasteiger partial charge on any atom is -0.461 e. The molecule has 25 heavy (non-hydrogen) atoms. The number of carbonyl (C=O) groups excluding carboxylic acids is 1. The van der Waals surface area contributed by atoms with Crippen LogP contribution in [-0.4, -0.2) is 12.6 Å². The van der Waals surface area contributed by atoms with Crippen molar-refractivity contribution < 1.29 is 9.53 Å². The zero-order valence-corrected chi connectivity index (χ0v) is 16.8. The molecule has 0 aromatic heterocycles. The molecule has 0 amide bonds. The molecule has 0 N–H and O–H groups in total. The van der Waals surface area contributed by atoms with Crippen LogP contribution in [0.2, 0.25) is 0 Å². The van der Waals surface area contributed by atoms with Crippen molar-refractivity contribution >= 4 is 5.97 Å². The van der Waals surface area contributed by atoms with E-state index in [1.807, 2.05) is 25.2 Å². The summed E-state index contributed by atoms with van der Waals surface area (Å²) in [5.41, 5.74) is 5.61. The first-order valence-corrected chi connectivity index (χ1v) is 9.32. The molecular weight excluding hydrogens is 308 g/mol. The molecule has 0 bridgehead atoms. The lowest BCUT2D eigenvalue weighted by atomic mass is 9.72. The fraction of sp³-hybridized carbons (Fsp3) is 0.522. The van der Waals surface area contributed by atoms with Crippen molar-refractivity contribution in [2.24, 2.45) is 5.41 Å². The summed E-state index contributed by atoms with van der Waals surface area (Å²) in [6.45, 7) is 13.2. The quantitative estimate of drug-likeness (QED) is 0.391. The van der Waals surface area contributed by atoms with Crippen LogP contribution in [0.25, 0.3) is 0 Å². The Hall–Kier alpha value is -1.83. The molecule has 0 fully saturated rings. The molecule has 2 nitrogen and oxygen atoms in total. The monoisotopic (exact) mass is 342 g/mol. The minimum absolute atomic E-state index is 0.163. The molecule has 1 rings (SSSR count). The number of ether oxygens (including phenoxy) is 1. The topological polar surface area (TPSA) is 26.3 Å². The zero-order valence-electron chi connectivity index (χ0n) is 16.8.